The van der Waals surface area contributed by atoms with E-state index in [1.165, 1.54) is 0 Å². The van der Waals surface area contributed by atoms with Crippen molar-refractivity contribution in [2.75, 3.05) is 7.11 Å². The number of methoxy groups -OCH3 is 1. The number of rotatable bonds is 3. The molecule has 1 heterocycles. The third kappa shape index (κ3) is 2.12. The fourth-order valence-electron chi connectivity index (χ4n) is 2.28. The summed E-state index contributed by atoms with van der Waals surface area (Å²) >= 11 is 0. The predicted molar refractivity (Wildman–Crippen MR) is 78.6 cm³/mol. The Balaban J connectivity index is 2.35. The van der Waals surface area contributed by atoms with Gasteiger partial charge in [0.15, 0.2) is 5.43 Å². The molecule has 0 N–H and O–H groups in total. The van der Waals surface area contributed by atoms with Crippen LogP contribution in [-0.2, 0) is 11.3 Å². The maximum atomic E-state index is 12.6. The van der Waals surface area contributed by atoms with Crippen LogP contribution in [0.4, 0.5) is 0 Å². The first-order valence-corrected chi connectivity index (χ1v) is 6.40. The molecule has 1 aromatic heterocycles. The second-order valence-corrected chi connectivity index (χ2v) is 4.53. The third-order valence-electron chi connectivity index (χ3n) is 3.22. The highest BCUT2D eigenvalue weighted by atomic mass is 16.5. The first-order chi connectivity index (χ1) is 9.81. The van der Waals surface area contributed by atoms with Gasteiger partial charge in [-0.2, -0.15) is 0 Å². The minimum Gasteiger partial charge on any atom is -0.455 e. The lowest BCUT2D eigenvalue weighted by Crippen LogP contribution is -2.11. The molecule has 20 heavy (non-hydrogen) atoms. The Labute approximate surface area is 116 Å². The summed E-state index contributed by atoms with van der Waals surface area (Å²) in [6, 6.07) is 16.9. The molecule has 3 aromatic rings. The molecule has 0 bridgehead atoms. The van der Waals surface area contributed by atoms with Gasteiger partial charge < -0.3 is 9.15 Å². The SMILES string of the molecule is COCc1c(-c2ccccc2)oc2ccccc2c1=O. The second-order valence-electron chi connectivity index (χ2n) is 4.53. The highest BCUT2D eigenvalue weighted by Gasteiger charge is 2.15. The molecule has 0 saturated carbocycles. The monoisotopic (exact) mass is 266 g/mol. The molecule has 0 fully saturated rings. The maximum Gasteiger partial charge on any atom is 0.198 e. The number of hydrogen-bond acceptors (Lipinski definition) is 3. The molecular weight excluding hydrogens is 252 g/mol. The van der Waals surface area contributed by atoms with E-state index >= 15 is 0 Å². The molecule has 0 radical (unpaired) electrons. The number of para-hydroxylation sites is 1. The van der Waals surface area contributed by atoms with Crippen LogP contribution in [0.15, 0.2) is 63.8 Å². The fourth-order valence-corrected chi connectivity index (χ4v) is 2.28. The van der Waals surface area contributed by atoms with Gasteiger partial charge in [-0.1, -0.05) is 42.5 Å². The first-order valence-electron chi connectivity index (χ1n) is 6.40. The number of ether oxygens (including phenoxy) is 1. The minimum atomic E-state index is -0.0347. The lowest BCUT2D eigenvalue weighted by molar-refractivity contribution is 0.183. The van der Waals surface area contributed by atoms with E-state index in [2.05, 4.69) is 0 Å². The summed E-state index contributed by atoms with van der Waals surface area (Å²) in [5.74, 6) is 0.580. The Hall–Kier alpha value is -2.39. The predicted octanol–water partition coefficient (Wildman–Crippen LogP) is 3.61. The summed E-state index contributed by atoms with van der Waals surface area (Å²) in [6.45, 7) is 0.234. The standard InChI is InChI=1S/C17H14O3/c1-19-11-14-16(18)13-9-5-6-10-15(13)20-17(14)12-7-3-2-4-8-12/h2-10H,11H2,1H3. The normalized spacial score (nSPS) is 10.8. The molecule has 3 rings (SSSR count). The second kappa shape index (κ2) is 5.31. The van der Waals surface area contributed by atoms with Crippen LogP contribution in [0.25, 0.3) is 22.3 Å². The van der Waals surface area contributed by atoms with Gasteiger partial charge in [0, 0.05) is 12.7 Å². The van der Waals surface area contributed by atoms with Crippen molar-refractivity contribution >= 4 is 11.0 Å². The quantitative estimate of drug-likeness (QED) is 0.727. The van der Waals surface area contributed by atoms with E-state index in [1.807, 2.05) is 42.5 Å². The molecule has 0 amide bonds. The molecule has 0 atom stereocenters. The lowest BCUT2D eigenvalue weighted by atomic mass is 10.1. The van der Waals surface area contributed by atoms with E-state index in [0.717, 1.165) is 5.56 Å². The molecule has 0 aliphatic rings. The number of benzene rings is 2. The van der Waals surface area contributed by atoms with Crippen LogP contribution in [0.1, 0.15) is 5.56 Å². The summed E-state index contributed by atoms with van der Waals surface area (Å²) in [7, 11) is 1.57. The molecular formula is C17H14O3. The van der Waals surface area contributed by atoms with Gasteiger partial charge in [0.25, 0.3) is 0 Å². The van der Waals surface area contributed by atoms with Crippen molar-refractivity contribution in [3.8, 4) is 11.3 Å². The number of hydrogen-bond donors (Lipinski definition) is 0. The molecule has 0 aliphatic carbocycles. The molecule has 3 nitrogen and oxygen atoms in total. The molecule has 0 spiro atoms. The van der Waals surface area contributed by atoms with Crippen molar-refractivity contribution in [2.45, 2.75) is 6.61 Å². The first kappa shape index (κ1) is 12.6. The third-order valence-corrected chi connectivity index (χ3v) is 3.22. The van der Waals surface area contributed by atoms with Gasteiger partial charge in [0.2, 0.25) is 0 Å². The summed E-state index contributed by atoms with van der Waals surface area (Å²) in [6.07, 6.45) is 0. The highest BCUT2D eigenvalue weighted by Crippen LogP contribution is 2.26. The van der Waals surface area contributed by atoms with E-state index in [4.69, 9.17) is 9.15 Å². The van der Waals surface area contributed by atoms with Crippen LogP contribution < -0.4 is 5.43 Å². The van der Waals surface area contributed by atoms with Gasteiger partial charge in [0.1, 0.15) is 11.3 Å². The van der Waals surface area contributed by atoms with Crippen molar-refractivity contribution in [3.63, 3.8) is 0 Å². The minimum absolute atomic E-state index is 0.0347. The van der Waals surface area contributed by atoms with Gasteiger partial charge in [0.05, 0.1) is 17.6 Å². The molecule has 0 aliphatic heterocycles. The van der Waals surface area contributed by atoms with Crippen molar-refractivity contribution < 1.29 is 9.15 Å². The van der Waals surface area contributed by atoms with E-state index in [1.54, 1.807) is 19.2 Å². The maximum absolute atomic E-state index is 12.6. The molecule has 0 saturated heterocycles. The van der Waals surface area contributed by atoms with Gasteiger partial charge in [-0.3, -0.25) is 4.79 Å². The van der Waals surface area contributed by atoms with Gasteiger partial charge >= 0.3 is 0 Å². The van der Waals surface area contributed by atoms with Crippen LogP contribution >= 0.6 is 0 Å². The Bertz CT molecular complexity index is 788. The van der Waals surface area contributed by atoms with Crippen LogP contribution in [0.3, 0.4) is 0 Å². The van der Waals surface area contributed by atoms with E-state index in [-0.39, 0.29) is 12.0 Å². The Morgan fingerprint density at radius 1 is 1.00 bits per heavy atom. The van der Waals surface area contributed by atoms with E-state index in [9.17, 15) is 4.79 Å². The van der Waals surface area contributed by atoms with Gasteiger partial charge in [-0.25, -0.2) is 0 Å². The molecule has 0 unspecified atom stereocenters. The highest BCUT2D eigenvalue weighted by molar-refractivity contribution is 5.80. The zero-order chi connectivity index (χ0) is 13.9. The Morgan fingerprint density at radius 3 is 2.45 bits per heavy atom. The Morgan fingerprint density at radius 2 is 1.70 bits per heavy atom. The lowest BCUT2D eigenvalue weighted by Gasteiger charge is -2.09. The van der Waals surface area contributed by atoms with Crippen LogP contribution in [0.5, 0.6) is 0 Å². The fraction of sp³-hybridized carbons (Fsp3) is 0.118. The van der Waals surface area contributed by atoms with Crippen molar-refractivity contribution in [1.82, 2.24) is 0 Å². The largest absolute Gasteiger partial charge is 0.455 e. The average molecular weight is 266 g/mol. The topological polar surface area (TPSA) is 39.4 Å². The van der Waals surface area contributed by atoms with Crippen molar-refractivity contribution in [3.05, 3.63) is 70.4 Å². The van der Waals surface area contributed by atoms with Gasteiger partial charge in [-0.05, 0) is 12.1 Å². The summed E-state index contributed by atoms with van der Waals surface area (Å²) in [4.78, 5) is 12.6. The van der Waals surface area contributed by atoms with E-state index in [0.29, 0.717) is 22.3 Å². The molecule has 100 valence electrons. The van der Waals surface area contributed by atoms with Crippen molar-refractivity contribution in [1.29, 1.82) is 0 Å². The van der Waals surface area contributed by atoms with Crippen LogP contribution in [0, 0.1) is 0 Å². The van der Waals surface area contributed by atoms with Crippen molar-refractivity contribution in [2.24, 2.45) is 0 Å². The zero-order valence-electron chi connectivity index (χ0n) is 11.1. The van der Waals surface area contributed by atoms with Gasteiger partial charge in [-0.15, -0.1) is 0 Å². The smallest absolute Gasteiger partial charge is 0.198 e. The van der Waals surface area contributed by atoms with E-state index < -0.39 is 0 Å². The molecule has 3 heteroatoms. The Kier molecular flexibility index (Phi) is 3.35. The number of fused-ring (bicyclic) bond motifs is 1. The zero-order valence-corrected chi connectivity index (χ0v) is 11.1. The summed E-state index contributed by atoms with van der Waals surface area (Å²) in [5.41, 5.74) is 1.99. The summed E-state index contributed by atoms with van der Waals surface area (Å²) in [5, 5.41) is 0.583. The molecule has 2 aromatic carbocycles. The van der Waals surface area contributed by atoms with Crippen LogP contribution in [0.2, 0.25) is 0 Å². The van der Waals surface area contributed by atoms with Crippen LogP contribution in [-0.4, -0.2) is 7.11 Å². The average Bonchev–Trinajstić information content (AvgIpc) is 2.51. The summed E-state index contributed by atoms with van der Waals surface area (Å²) < 4.78 is 11.1.